The Hall–Kier alpha value is -3.84. The fourth-order valence-corrected chi connectivity index (χ4v) is 4.24. The second kappa shape index (κ2) is 10.2. The molecule has 1 N–H and O–H groups in total. The van der Waals surface area contributed by atoms with E-state index in [9.17, 15) is 14.4 Å². The predicted molar refractivity (Wildman–Crippen MR) is 130 cm³/mol. The van der Waals surface area contributed by atoms with Crippen molar-refractivity contribution in [3.63, 3.8) is 0 Å². The molecule has 3 aromatic rings. The summed E-state index contributed by atoms with van der Waals surface area (Å²) in [7, 11) is 1.58. The van der Waals surface area contributed by atoms with Crippen molar-refractivity contribution in [2.75, 3.05) is 20.2 Å². The van der Waals surface area contributed by atoms with E-state index in [1.54, 1.807) is 37.5 Å². The third-order valence-electron chi connectivity index (χ3n) is 5.16. The molecule has 0 atom stereocenters. The smallest absolute Gasteiger partial charge is 0.293 e. The van der Waals surface area contributed by atoms with E-state index in [-0.39, 0.29) is 30.1 Å². The summed E-state index contributed by atoms with van der Waals surface area (Å²) in [6.07, 6.45) is 1.68. The van der Waals surface area contributed by atoms with E-state index < -0.39 is 0 Å². The number of methoxy groups -OCH3 is 1. The van der Waals surface area contributed by atoms with Crippen LogP contribution in [-0.2, 0) is 4.79 Å². The minimum atomic E-state index is -0.359. The lowest BCUT2D eigenvalue weighted by molar-refractivity contribution is -0.122. The first-order valence-electron chi connectivity index (χ1n) is 10.4. The topological polar surface area (TPSA) is 75.7 Å². The van der Waals surface area contributed by atoms with Gasteiger partial charge in [-0.25, -0.2) is 0 Å². The van der Waals surface area contributed by atoms with Crippen LogP contribution < -0.4 is 10.1 Å². The number of thioether (sulfide) groups is 1. The van der Waals surface area contributed by atoms with Crippen LogP contribution >= 0.6 is 11.8 Å². The molecule has 4 rings (SSSR count). The van der Waals surface area contributed by atoms with Gasteiger partial charge in [0.25, 0.3) is 17.1 Å². The van der Waals surface area contributed by atoms with Gasteiger partial charge in [-0.05, 0) is 58.8 Å². The molecule has 1 saturated heterocycles. The molecule has 1 fully saturated rings. The average molecular weight is 459 g/mol. The molecule has 6 nitrogen and oxygen atoms in total. The summed E-state index contributed by atoms with van der Waals surface area (Å²) in [6.45, 7) is 0.283. The Morgan fingerprint density at radius 3 is 2.27 bits per heavy atom. The van der Waals surface area contributed by atoms with Crippen molar-refractivity contribution in [3.8, 4) is 16.9 Å². The first kappa shape index (κ1) is 22.4. The summed E-state index contributed by atoms with van der Waals surface area (Å²) in [6, 6.07) is 24.4. The van der Waals surface area contributed by atoms with Crippen LogP contribution in [0.5, 0.6) is 5.75 Å². The molecule has 0 aliphatic carbocycles. The zero-order valence-corrected chi connectivity index (χ0v) is 18.8. The molecule has 166 valence electrons. The van der Waals surface area contributed by atoms with Crippen LogP contribution in [0, 0.1) is 0 Å². The van der Waals surface area contributed by atoms with Crippen molar-refractivity contribution in [1.29, 1.82) is 0 Å². The molecule has 33 heavy (non-hydrogen) atoms. The zero-order chi connectivity index (χ0) is 23.2. The van der Waals surface area contributed by atoms with E-state index in [0.29, 0.717) is 16.2 Å². The highest BCUT2D eigenvalue weighted by Gasteiger charge is 2.34. The number of amides is 3. The van der Waals surface area contributed by atoms with Crippen molar-refractivity contribution >= 4 is 34.9 Å². The second-order valence-corrected chi connectivity index (χ2v) is 8.30. The highest BCUT2D eigenvalue weighted by atomic mass is 32.2. The second-order valence-electron chi connectivity index (χ2n) is 7.31. The molecule has 0 bridgehead atoms. The van der Waals surface area contributed by atoms with Crippen molar-refractivity contribution < 1.29 is 19.1 Å². The van der Waals surface area contributed by atoms with Gasteiger partial charge in [0.1, 0.15) is 5.75 Å². The van der Waals surface area contributed by atoms with Gasteiger partial charge in [0, 0.05) is 18.7 Å². The largest absolute Gasteiger partial charge is 0.497 e. The maximum Gasteiger partial charge on any atom is 0.293 e. The van der Waals surface area contributed by atoms with Crippen LogP contribution in [0.15, 0.2) is 83.8 Å². The summed E-state index contributed by atoms with van der Waals surface area (Å²) in [4.78, 5) is 38.9. The lowest BCUT2D eigenvalue weighted by atomic mass is 10.0. The number of hydrogen-bond acceptors (Lipinski definition) is 5. The standard InChI is InChI=1S/C26H22N2O4S/c1-32-22-13-7-18(8-14-22)17-23-25(30)28(26(31)33-23)16-15-27-24(29)21-11-9-20(10-12-21)19-5-3-2-4-6-19/h2-14,17H,15-16H2,1H3,(H,27,29). The van der Waals surface area contributed by atoms with E-state index in [4.69, 9.17) is 4.74 Å². The normalized spacial score (nSPS) is 14.6. The van der Waals surface area contributed by atoms with Crippen molar-refractivity contribution in [2.24, 2.45) is 0 Å². The Morgan fingerprint density at radius 1 is 0.939 bits per heavy atom. The van der Waals surface area contributed by atoms with Crippen molar-refractivity contribution in [3.05, 3.63) is 94.9 Å². The number of carbonyl (C=O) groups excluding carboxylic acids is 3. The van der Waals surface area contributed by atoms with Gasteiger partial charge in [0.15, 0.2) is 0 Å². The lowest BCUT2D eigenvalue weighted by Crippen LogP contribution is -2.37. The maximum atomic E-state index is 12.6. The number of imide groups is 1. The number of rotatable bonds is 7. The molecule has 3 amide bonds. The van der Waals surface area contributed by atoms with E-state index in [1.807, 2.05) is 54.6 Å². The van der Waals surface area contributed by atoms with Crippen molar-refractivity contribution in [2.45, 2.75) is 0 Å². The zero-order valence-electron chi connectivity index (χ0n) is 18.0. The third-order valence-corrected chi connectivity index (χ3v) is 6.07. The molecule has 1 heterocycles. The first-order valence-corrected chi connectivity index (χ1v) is 11.2. The molecule has 3 aromatic carbocycles. The van der Waals surface area contributed by atoms with E-state index in [1.165, 1.54) is 0 Å². The number of nitrogens with zero attached hydrogens (tertiary/aromatic N) is 1. The number of nitrogens with one attached hydrogen (secondary N) is 1. The average Bonchev–Trinajstić information content (AvgIpc) is 3.12. The number of ether oxygens (including phenoxy) is 1. The van der Waals surface area contributed by atoms with Gasteiger partial charge in [-0.15, -0.1) is 0 Å². The van der Waals surface area contributed by atoms with E-state index in [0.717, 1.165) is 33.4 Å². The molecule has 0 saturated carbocycles. The summed E-state index contributed by atoms with van der Waals surface area (Å²) in [5, 5.41) is 2.43. The quantitative estimate of drug-likeness (QED) is 0.514. The van der Waals surface area contributed by atoms with Gasteiger partial charge >= 0.3 is 0 Å². The molecule has 0 unspecified atom stereocenters. The minimum Gasteiger partial charge on any atom is -0.497 e. The maximum absolute atomic E-state index is 12.6. The molecule has 0 spiro atoms. The molecule has 1 aliphatic rings. The fourth-order valence-electron chi connectivity index (χ4n) is 3.37. The van der Waals surface area contributed by atoms with Crippen LogP contribution in [0.25, 0.3) is 17.2 Å². The van der Waals surface area contributed by atoms with Gasteiger partial charge in [-0.1, -0.05) is 54.6 Å². The Labute approximate surface area is 196 Å². The van der Waals surface area contributed by atoms with Gasteiger partial charge in [-0.2, -0.15) is 0 Å². The number of carbonyl (C=O) groups is 3. The summed E-state index contributed by atoms with van der Waals surface area (Å²) in [5.41, 5.74) is 3.41. The first-order chi connectivity index (χ1) is 16.0. The van der Waals surface area contributed by atoms with Crippen molar-refractivity contribution in [1.82, 2.24) is 10.2 Å². The fraction of sp³-hybridized carbons (Fsp3) is 0.115. The minimum absolute atomic E-state index is 0.110. The summed E-state index contributed by atoms with van der Waals surface area (Å²) in [5.74, 6) is 0.100. The molecule has 0 aromatic heterocycles. The van der Waals surface area contributed by atoms with Crippen LogP contribution in [0.3, 0.4) is 0 Å². The number of hydrogen-bond donors (Lipinski definition) is 1. The highest BCUT2D eigenvalue weighted by Crippen LogP contribution is 2.32. The SMILES string of the molecule is COc1ccc(C=C2SC(=O)N(CCNC(=O)c3ccc(-c4ccccc4)cc3)C2=O)cc1. The Balaban J connectivity index is 1.32. The van der Waals surface area contributed by atoms with Crippen LogP contribution in [0.4, 0.5) is 4.79 Å². The molecular weight excluding hydrogens is 436 g/mol. The lowest BCUT2D eigenvalue weighted by Gasteiger charge is -2.13. The van der Waals surface area contributed by atoms with Crippen LogP contribution in [-0.4, -0.2) is 42.2 Å². The van der Waals surface area contributed by atoms with E-state index >= 15 is 0 Å². The molecule has 7 heteroatoms. The van der Waals surface area contributed by atoms with Gasteiger partial charge < -0.3 is 10.1 Å². The summed E-state index contributed by atoms with van der Waals surface area (Å²) < 4.78 is 5.13. The molecule has 0 radical (unpaired) electrons. The number of benzene rings is 3. The molecular formula is C26H22N2O4S. The monoisotopic (exact) mass is 458 g/mol. The highest BCUT2D eigenvalue weighted by molar-refractivity contribution is 8.18. The summed E-state index contributed by atoms with van der Waals surface area (Å²) >= 11 is 0.896. The Morgan fingerprint density at radius 2 is 1.61 bits per heavy atom. The Kier molecular flexibility index (Phi) is 6.90. The van der Waals surface area contributed by atoms with Gasteiger partial charge in [0.2, 0.25) is 0 Å². The van der Waals surface area contributed by atoms with Gasteiger partial charge in [0.05, 0.1) is 12.0 Å². The van der Waals surface area contributed by atoms with E-state index in [2.05, 4.69) is 5.32 Å². The van der Waals surface area contributed by atoms with Gasteiger partial charge in [-0.3, -0.25) is 19.3 Å². The molecule has 1 aliphatic heterocycles. The van der Waals surface area contributed by atoms with Crippen LogP contribution in [0.2, 0.25) is 0 Å². The third kappa shape index (κ3) is 5.32. The Bertz CT molecular complexity index is 1190. The van der Waals surface area contributed by atoms with Crippen LogP contribution in [0.1, 0.15) is 15.9 Å². The predicted octanol–water partition coefficient (Wildman–Crippen LogP) is 4.83.